The van der Waals surface area contributed by atoms with Gasteiger partial charge in [0.15, 0.2) is 5.78 Å². The molecular formula is C20H30O2. The molecule has 0 saturated heterocycles. The second-order valence-corrected chi connectivity index (χ2v) is 9.09. The number of carbonyl (C=O) groups is 1. The second kappa shape index (κ2) is 5.24. The van der Waals surface area contributed by atoms with E-state index in [0.29, 0.717) is 6.42 Å². The summed E-state index contributed by atoms with van der Waals surface area (Å²) in [7, 11) is 1.74. The SMILES string of the molecule is CO[C@@]1(C)C=CC2(C#CC(C)(C)C)C(=O)CC(C)(C)CC2C1. The van der Waals surface area contributed by atoms with Gasteiger partial charge in [-0.05, 0) is 51.9 Å². The molecule has 0 N–H and O–H groups in total. The van der Waals surface area contributed by atoms with E-state index in [4.69, 9.17) is 4.74 Å². The van der Waals surface area contributed by atoms with E-state index < -0.39 is 5.41 Å². The lowest BCUT2D eigenvalue weighted by Crippen LogP contribution is -2.50. The van der Waals surface area contributed by atoms with Gasteiger partial charge in [0.05, 0.1) is 5.60 Å². The van der Waals surface area contributed by atoms with Crippen molar-refractivity contribution in [2.45, 2.75) is 66.4 Å². The van der Waals surface area contributed by atoms with Crippen molar-refractivity contribution in [3.63, 3.8) is 0 Å². The minimum atomic E-state index is -0.610. The van der Waals surface area contributed by atoms with Crippen molar-refractivity contribution < 1.29 is 9.53 Å². The molecular weight excluding hydrogens is 272 g/mol. The Morgan fingerprint density at radius 2 is 1.82 bits per heavy atom. The van der Waals surface area contributed by atoms with E-state index in [0.717, 1.165) is 12.8 Å². The highest BCUT2D eigenvalue weighted by atomic mass is 16.5. The number of rotatable bonds is 1. The standard InChI is InChI=1S/C20H30O2/c1-17(2,3)8-10-20-11-9-19(6,22-7)13-15(20)12-18(4,5)14-16(20)21/h9,11,15H,12-14H2,1-7H3/t15?,19-,20?/m0/s1. The number of fused-ring (bicyclic) bond motifs is 1. The van der Waals surface area contributed by atoms with Gasteiger partial charge in [0, 0.05) is 18.9 Å². The smallest absolute Gasteiger partial charge is 0.155 e. The Hall–Kier alpha value is -1.07. The third-order valence-corrected chi connectivity index (χ3v) is 5.00. The molecule has 0 bridgehead atoms. The molecule has 2 aliphatic rings. The third kappa shape index (κ3) is 3.30. The number of ether oxygens (including phenoxy) is 1. The summed E-state index contributed by atoms with van der Waals surface area (Å²) in [6.07, 6.45) is 6.57. The third-order valence-electron chi connectivity index (χ3n) is 5.00. The molecule has 0 aliphatic heterocycles. The number of methoxy groups -OCH3 is 1. The largest absolute Gasteiger partial charge is 0.374 e. The Kier molecular flexibility index (Phi) is 4.11. The molecule has 1 saturated carbocycles. The Balaban J connectivity index is 2.52. The molecule has 0 aromatic heterocycles. The zero-order chi connectivity index (χ0) is 16.8. The number of hydrogen-bond acceptors (Lipinski definition) is 2. The van der Waals surface area contributed by atoms with Gasteiger partial charge in [-0.1, -0.05) is 37.8 Å². The first-order valence-electron chi connectivity index (χ1n) is 8.25. The van der Waals surface area contributed by atoms with E-state index in [9.17, 15) is 4.79 Å². The van der Waals surface area contributed by atoms with Crippen molar-refractivity contribution in [1.82, 2.24) is 0 Å². The minimum Gasteiger partial charge on any atom is -0.374 e. The van der Waals surface area contributed by atoms with Gasteiger partial charge in [0.1, 0.15) is 5.41 Å². The Morgan fingerprint density at radius 1 is 1.18 bits per heavy atom. The van der Waals surface area contributed by atoms with Crippen molar-refractivity contribution in [2.75, 3.05) is 7.11 Å². The zero-order valence-electron chi connectivity index (χ0n) is 15.2. The summed E-state index contributed by atoms with van der Waals surface area (Å²) < 4.78 is 5.68. The molecule has 1 fully saturated rings. The van der Waals surface area contributed by atoms with Crippen molar-refractivity contribution in [3.05, 3.63) is 12.2 Å². The van der Waals surface area contributed by atoms with Crippen LogP contribution in [0.4, 0.5) is 0 Å². The fourth-order valence-corrected chi connectivity index (χ4v) is 3.69. The van der Waals surface area contributed by atoms with Gasteiger partial charge >= 0.3 is 0 Å². The van der Waals surface area contributed by atoms with Gasteiger partial charge in [0.2, 0.25) is 0 Å². The van der Waals surface area contributed by atoms with Gasteiger partial charge < -0.3 is 4.74 Å². The molecule has 22 heavy (non-hydrogen) atoms. The number of Topliss-reactive ketones (excluding diaryl/α,β-unsaturated/α-hetero) is 1. The first-order valence-corrected chi connectivity index (χ1v) is 8.25. The van der Waals surface area contributed by atoms with Crippen LogP contribution in [0.5, 0.6) is 0 Å². The quantitative estimate of drug-likeness (QED) is 0.530. The topological polar surface area (TPSA) is 26.3 Å². The molecule has 2 unspecified atom stereocenters. The van der Waals surface area contributed by atoms with E-state index in [-0.39, 0.29) is 28.1 Å². The lowest BCUT2D eigenvalue weighted by Gasteiger charge is -2.49. The van der Waals surface area contributed by atoms with Crippen LogP contribution in [0.2, 0.25) is 0 Å². The van der Waals surface area contributed by atoms with Crippen molar-refractivity contribution in [3.8, 4) is 11.8 Å². The average molecular weight is 302 g/mol. The van der Waals surface area contributed by atoms with Crippen molar-refractivity contribution in [1.29, 1.82) is 0 Å². The molecule has 2 heteroatoms. The van der Waals surface area contributed by atoms with Gasteiger partial charge in [-0.2, -0.15) is 0 Å². The fourth-order valence-electron chi connectivity index (χ4n) is 3.69. The van der Waals surface area contributed by atoms with Crippen LogP contribution in [0.25, 0.3) is 0 Å². The Morgan fingerprint density at radius 3 is 2.36 bits per heavy atom. The van der Waals surface area contributed by atoms with E-state index in [1.807, 2.05) is 6.08 Å². The van der Waals surface area contributed by atoms with Crippen LogP contribution in [0.15, 0.2) is 12.2 Å². The van der Waals surface area contributed by atoms with Crippen LogP contribution in [0.1, 0.15) is 60.8 Å². The molecule has 0 spiro atoms. The summed E-state index contributed by atoms with van der Waals surface area (Å²) in [6.45, 7) is 12.7. The van der Waals surface area contributed by atoms with Crippen molar-refractivity contribution in [2.24, 2.45) is 22.2 Å². The summed E-state index contributed by atoms with van der Waals surface area (Å²) in [6, 6.07) is 0. The summed E-state index contributed by atoms with van der Waals surface area (Å²) in [4.78, 5) is 13.0. The second-order valence-electron chi connectivity index (χ2n) is 9.09. The molecule has 0 aromatic carbocycles. The normalized spacial score (nSPS) is 37.2. The molecule has 0 heterocycles. The highest BCUT2D eigenvalue weighted by Gasteiger charge is 2.53. The zero-order valence-corrected chi connectivity index (χ0v) is 15.2. The summed E-state index contributed by atoms with van der Waals surface area (Å²) >= 11 is 0. The summed E-state index contributed by atoms with van der Waals surface area (Å²) in [5.41, 5.74) is -0.941. The highest BCUT2D eigenvalue weighted by Crippen LogP contribution is 2.53. The van der Waals surface area contributed by atoms with E-state index in [1.54, 1.807) is 7.11 Å². The van der Waals surface area contributed by atoms with Gasteiger partial charge in [0.25, 0.3) is 0 Å². The first-order chi connectivity index (χ1) is 9.91. The lowest BCUT2D eigenvalue weighted by atomic mass is 9.54. The Bertz CT molecular complexity index is 552. The van der Waals surface area contributed by atoms with Crippen LogP contribution < -0.4 is 0 Å². The maximum absolute atomic E-state index is 13.0. The predicted molar refractivity (Wildman–Crippen MR) is 90.3 cm³/mol. The van der Waals surface area contributed by atoms with E-state index in [1.165, 1.54) is 0 Å². The highest BCUT2D eigenvalue weighted by molar-refractivity contribution is 5.92. The van der Waals surface area contributed by atoms with Crippen LogP contribution in [0, 0.1) is 34.0 Å². The monoisotopic (exact) mass is 302 g/mol. The number of allylic oxidation sites excluding steroid dienone is 1. The number of ketones is 1. The lowest BCUT2D eigenvalue weighted by molar-refractivity contribution is -0.135. The maximum Gasteiger partial charge on any atom is 0.155 e. The number of hydrogen-bond donors (Lipinski definition) is 0. The molecule has 0 radical (unpaired) electrons. The molecule has 0 amide bonds. The van der Waals surface area contributed by atoms with Crippen LogP contribution in [-0.4, -0.2) is 18.5 Å². The van der Waals surface area contributed by atoms with E-state index >= 15 is 0 Å². The predicted octanol–water partition coefficient (Wildman–Crippen LogP) is 4.39. The molecule has 2 rings (SSSR count). The maximum atomic E-state index is 13.0. The number of carbonyl (C=O) groups excluding carboxylic acids is 1. The minimum absolute atomic E-state index is 0.0501. The van der Waals surface area contributed by atoms with Gasteiger partial charge in [-0.15, -0.1) is 0 Å². The van der Waals surface area contributed by atoms with Crippen LogP contribution in [0.3, 0.4) is 0 Å². The van der Waals surface area contributed by atoms with Crippen molar-refractivity contribution >= 4 is 5.78 Å². The van der Waals surface area contributed by atoms with Crippen LogP contribution in [-0.2, 0) is 9.53 Å². The van der Waals surface area contributed by atoms with Gasteiger partial charge in [-0.3, -0.25) is 4.79 Å². The van der Waals surface area contributed by atoms with Crippen LogP contribution >= 0.6 is 0 Å². The average Bonchev–Trinajstić information content (AvgIpc) is 2.35. The summed E-state index contributed by atoms with van der Waals surface area (Å²) in [5, 5.41) is 0. The fraction of sp³-hybridized carbons (Fsp3) is 0.750. The molecule has 0 aromatic rings. The molecule has 3 atom stereocenters. The summed E-state index contributed by atoms with van der Waals surface area (Å²) in [5.74, 6) is 7.21. The first kappa shape index (κ1) is 17.3. The molecule has 2 nitrogen and oxygen atoms in total. The van der Waals surface area contributed by atoms with Gasteiger partial charge in [-0.25, -0.2) is 0 Å². The Labute approximate surface area is 135 Å². The molecule has 122 valence electrons. The molecule has 2 aliphatic carbocycles. The van der Waals surface area contributed by atoms with E-state index in [2.05, 4.69) is 59.5 Å².